The molecule has 3 aromatic rings. The first kappa shape index (κ1) is 16.4. The van der Waals surface area contributed by atoms with Crippen LogP contribution in [0.1, 0.15) is 21.6 Å². The summed E-state index contributed by atoms with van der Waals surface area (Å²) < 4.78 is 5.17. The number of nitrogens with zero attached hydrogens (tertiary/aromatic N) is 1. The Hall–Kier alpha value is -3.47. The van der Waals surface area contributed by atoms with Crippen molar-refractivity contribution >= 4 is 28.9 Å². The second-order valence-electron chi connectivity index (χ2n) is 5.43. The molecule has 0 bridgehead atoms. The number of rotatable bonds is 5. The third-order valence-corrected chi connectivity index (χ3v) is 3.63. The predicted molar refractivity (Wildman–Crippen MR) is 95.5 cm³/mol. The van der Waals surface area contributed by atoms with Crippen molar-refractivity contribution in [2.45, 2.75) is 6.61 Å². The Morgan fingerprint density at radius 1 is 1.00 bits per heavy atom. The van der Waals surface area contributed by atoms with Crippen LogP contribution in [0.4, 0.5) is 0 Å². The van der Waals surface area contributed by atoms with Crippen LogP contribution < -0.4 is 5.73 Å². The summed E-state index contributed by atoms with van der Waals surface area (Å²) in [6, 6.07) is 18.1. The van der Waals surface area contributed by atoms with Gasteiger partial charge in [0.05, 0.1) is 11.2 Å². The number of hydrogen-bond donors (Lipinski definition) is 1. The normalized spacial score (nSPS) is 10.9. The van der Waals surface area contributed by atoms with E-state index in [2.05, 4.69) is 4.98 Å². The highest BCUT2D eigenvalue weighted by Crippen LogP contribution is 2.12. The van der Waals surface area contributed by atoms with Gasteiger partial charge in [0.2, 0.25) is 5.91 Å². The van der Waals surface area contributed by atoms with E-state index in [1.807, 2.05) is 36.4 Å². The van der Waals surface area contributed by atoms with Crippen LogP contribution in [-0.2, 0) is 16.1 Å². The van der Waals surface area contributed by atoms with Crippen molar-refractivity contribution in [3.8, 4) is 0 Å². The molecule has 5 nitrogen and oxygen atoms in total. The van der Waals surface area contributed by atoms with Gasteiger partial charge in [0.25, 0.3) is 0 Å². The van der Waals surface area contributed by atoms with Crippen molar-refractivity contribution in [2.75, 3.05) is 0 Å². The number of benzene rings is 2. The molecule has 0 aliphatic rings. The number of ether oxygens (including phenoxy) is 1. The minimum atomic E-state index is -0.491. The molecule has 0 saturated heterocycles. The zero-order chi connectivity index (χ0) is 17.6. The van der Waals surface area contributed by atoms with Crippen LogP contribution in [0.2, 0.25) is 0 Å². The Labute approximate surface area is 144 Å². The zero-order valence-electron chi connectivity index (χ0n) is 13.4. The summed E-state index contributed by atoms with van der Waals surface area (Å²) in [6.07, 6.45) is 2.96. The van der Waals surface area contributed by atoms with Crippen molar-refractivity contribution in [1.82, 2.24) is 4.98 Å². The molecule has 1 aromatic heterocycles. The number of nitrogens with two attached hydrogens (primary N) is 1. The van der Waals surface area contributed by atoms with E-state index in [4.69, 9.17) is 10.5 Å². The molecule has 0 atom stereocenters. The Bertz CT molecular complexity index is 947. The molecule has 0 spiro atoms. The van der Waals surface area contributed by atoms with Crippen molar-refractivity contribution < 1.29 is 14.3 Å². The number of primary amides is 1. The van der Waals surface area contributed by atoms with E-state index in [0.717, 1.165) is 16.5 Å². The van der Waals surface area contributed by atoms with Crippen molar-refractivity contribution in [1.29, 1.82) is 0 Å². The van der Waals surface area contributed by atoms with Gasteiger partial charge in [0.1, 0.15) is 6.61 Å². The van der Waals surface area contributed by atoms with Gasteiger partial charge in [-0.1, -0.05) is 36.4 Å². The van der Waals surface area contributed by atoms with Gasteiger partial charge in [-0.15, -0.1) is 0 Å². The summed E-state index contributed by atoms with van der Waals surface area (Å²) in [5.74, 6) is -0.955. The number of esters is 1. The molecule has 0 saturated carbocycles. The van der Waals surface area contributed by atoms with Gasteiger partial charge in [0, 0.05) is 17.0 Å². The summed E-state index contributed by atoms with van der Waals surface area (Å²) in [6.45, 7) is 0.118. The molecule has 1 heterocycles. The number of amides is 1. The SMILES string of the molecule is NC(=O)c1ccc(COC(=O)/C=C/c2ccc3ccccc3n2)cc1. The van der Waals surface area contributed by atoms with Crippen molar-refractivity contribution in [2.24, 2.45) is 5.73 Å². The van der Waals surface area contributed by atoms with Crippen molar-refractivity contribution in [3.05, 3.63) is 83.6 Å². The molecule has 5 heteroatoms. The number of fused-ring (bicyclic) bond motifs is 1. The first-order valence-corrected chi connectivity index (χ1v) is 7.71. The highest BCUT2D eigenvalue weighted by atomic mass is 16.5. The van der Waals surface area contributed by atoms with Gasteiger partial charge in [0.15, 0.2) is 0 Å². The van der Waals surface area contributed by atoms with Crippen LogP contribution in [0.25, 0.3) is 17.0 Å². The van der Waals surface area contributed by atoms with Crippen LogP contribution in [0.3, 0.4) is 0 Å². The number of aromatic nitrogens is 1. The lowest BCUT2D eigenvalue weighted by Crippen LogP contribution is -2.10. The Morgan fingerprint density at radius 3 is 2.52 bits per heavy atom. The predicted octanol–water partition coefficient (Wildman–Crippen LogP) is 3.09. The lowest BCUT2D eigenvalue weighted by molar-refractivity contribution is -0.138. The van der Waals surface area contributed by atoms with E-state index < -0.39 is 11.9 Å². The van der Waals surface area contributed by atoms with Gasteiger partial charge in [-0.05, 0) is 35.9 Å². The highest BCUT2D eigenvalue weighted by Gasteiger charge is 2.02. The molecular formula is C20H16N2O3. The minimum absolute atomic E-state index is 0.118. The lowest BCUT2D eigenvalue weighted by Gasteiger charge is -2.03. The summed E-state index contributed by atoms with van der Waals surface area (Å²) in [7, 11) is 0. The monoisotopic (exact) mass is 332 g/mol. The molecule has 0 radical (unpaired) electrons. The molecule has 0 unspecified atom stereocenters. The molecule has 3 rings (SSSR count). The van der Waals surface area contributed by atoms with E-state index in [0.29, 0.717) is 11.3 Å². The number of pyridine rings is 1. The van der Waals surface area contributed by atoms with E-state index in [1.165, 1.54) is 6.08 Å². The molecule has 2 N–H and O–H groups in total. The zero-order valence-corrected chi connectivity index (χ0v) is 13.4. The second-order valence-corrected chi connectivity index (χ2v) is 5.43. The van der Waals surface area contributed by atoms with E-state index in [-0.39, 0.29) is 6.61 Å². The van der Waals surface area contributed by atoms with Crippen LogP contribution in [-0.4, -0.2) is 16.9 Å². The topological polar surface area (TPSA) is 82.3 Å². The van der Waals surface area contributed by atoms with Gasteiger partial charge in [-0.25, -0.2) is 9.78 Å². The summed E-state index contributed by atoms with van der Waals surface area (Å²) in [5, 5.41) is 1.04. The fraction of sp³-hybridized carbons (Fsp3) is 0.0500. The van der Waals surface area contributed by atoms with E-state index in [9.17, 15) is 9.59 Å². The van der Waals surface area contributed by atoms with E-state index >= 15 is 0 Å². The number of hydrogen-bond acceptors (Lipinski definition) is 4. The third-order valence-electron chi connectivity index (χ3n) is 3.63. The average molecular weight is 332 g/mol. The van der Waals surface area contributed by atoms with Gasteiger partial charge < -0.3 is 10.5 Å². The maximum Gasteiger partial charge on any atom is 0.331 e. The molecule has 0 aliphatic heterocycles. The second kappa shape index (κ2) is 7.40. The first-order valence-electron chi connectivity index (χ1n) is 7.71. The Morgan fingerprint density at radius 2 is 1.76 bits per heavy atom. The highest BCUT2D eigenvalue weighted by molar-refractivity contribution is 5.92. The molecule has 0 aliphatic carbocycles. The average Bonchev–Trinajstić information content (AvgIpc) is 2.65. The van der Waals surface area contributed by atoms with E-state index in [1.54, 1.807) is 30.3 Å². The molecule has 124 valence electrons. The Balaban J connectivity index is 1.59. The minimum Gasteiger partial charge on any atom is -0.458 e. The molecule has 25 heavy (non-hydrogen) atoms. The third kappa shape index (κ3) is 4.29. The molecule has 1 amide bonds. The van der Waals surface area contributed by atoms with Crippen LogP contribution in [0.15, 0.2) is 66.7 Å². The lowest BCUT2D eigenvalue weighted by atomic mass is 10.1. The maximum atomic E-state index is 11.8. The number of carbonyl (C=O) groups excluding carboxylic acids is 2. The molecule has 2 aromatic carbocycles. The molecular weight excluding hydrogens is 316 g/mol. The van der Waals surface area contributed by atoms with Crippen LogP contribution in [0, 0.1) is 0 Å². The first-order chi connectivity index (χ1) is 12.1. The largest absolute Gasteiger partial charge is 0.458 e. The Kier molecular flexibility index (Phi) is 4.85. The molecule has 0 fully saturated rings. The maximum absolute atomic E-state index is 11.8. The van der Waals surface area contributed by atoms with Gasteiger partial charge in [-0.2, -0.15) is 0 Å². The van der Waals surface area contributed by atoms with Crippen LogP contribution in [0.5, 0.6) is 0 Å². The smallest absolute Gasteiger partial charge is 0.331 e. The fourth-order valence-electron chi connectivity index (χ4n) is 2.30. The number of carbonyl (C=O) groups is 2. The fourth-order valence-corrected chi connectivity index (χ4v) is 2.30. The number of para-hydroxylation sites is 1. The van der Waals surface area contributed by atoms with Gasteiger partial charge >= 0.3 is 5.97 Å². The quantitative estimate of drug-likeness (QED) is 0.575. The summed E-state index contributed by atoms with van der Waals surface area (Å²) in [5.41, 5.74) is 7.91. The summed E-state index contributed by atoms with van der Waals surface area (Å²) >= 11 is 0. The van der Waals surface area contributed by atoms with Crippen LogP contribution >= 0.6 is 0 Å². The summed E-state index contributed by atoms with van der Waals surface area (Å²) in [4.78, 5) is 27.3. The van der Waals surface area contributed by atoms with Crippen molar-refractivity contribution in [3.63, 3.8) is 0 Å². The standard InChI is InChI=1S/C20H16N2O3/c21-20(24)16-7-5-14(6-8-16)13-25-19(23)12-11-17-10-9-15-3-1-2-4-18(15)22-17/h1-12H,13H2,(H2,21,24)/b12-11+. The van der Waals surface area contributed by atoms with Gasteiger partial charge in [-0.3, -0.25) is 4.79 Å².